The van der Waals surface area contributed by atoms with Crippen molar-refractivity contribution in [2.45, 2.75) is 63.2 Å². The van der Waals surface area contributed by atoms with Crippen LogP contribution in [0, 0.1) is 0 Å². The molecule has 0 heterocycles. The fourth-order valence-corrected chi connectivity index (χ4v) is 3.28. The van der Waals surface area contributed by atoms with Crippen LogP contribution in [-0.4, -0.2) is 5.38 Å². The molecule has 0 aliphatic heterocycles. The van der Waals surface area contributed by atoms with Crippen LogP contribution in [0.5, 0.6) is 0 Å². The Kier molecular flexibility index (Phi) is 4.91. The van der Waals surface area contributed by atoms with Gasteiger partial charge < -0.3 is 0 Å². The smallest absolute Gasteiger partial charge is 0.0404 e. The first-order chi connectivity index (χ1) is 8.31. The molecule has 2 unspecified atom stereocenters. The van der Waals surface area contributed by atoms with E-state index >= 15 is 0 Å². The lowest BCUT2D eigenvalue weighted by Gasteiger charge is -2.20. The summed E-state index contributed by atoms with van der Waals surface area (Å²) in [4.78, 5) is 0. The normalized spacial score (nSPS) is 25.5. The van der Waals surface area contributed by atoms with Crippen LogP contribution in [-0.2, 0) is 6.42 Å². The molecule has 1 fully saturated rings. The molecule has 2 rings (SSSR count). The van der Waals surface area contributed by atoms with E-state index in [1.54, 1.807) is 0 Å². The molecule has 0 N–H and O–H groups in total. The topological polar surface area (TPSA) is 0 Å². The summed E-state index contributed by atoms with van der Waals surface area (Å²) in [5.74, 6) is 0.579. The Morgan fingerprint density at radius 3 is 2.47 bits per heavy atom. The van der Waals surface area contributed by atoms with Crippen molar-refractivity contribution < 1.29 is 0 Å². The van der Waals surface area contributed by atoms with Crippen molar-refractivity contribution >= 4 is 11.6 Å². The van der Waals surface area contributed by atoms with Crippen LogP contribution in [0.2, 0.25) is 0 Å². The summed E-state index contributed by atoms with van der Waals surface area (Å²) >= 11 is 6.52. The SMILES string of the molecule is CCCc1ccc(C2CCCCCC2Cl)cc1. The second kappa shape index (κ2) is 6.44. The van der Waals surface area contributed by atoms with Crippen molar-refractivity contribution in [1.29, 1.82) is 0 Å². The monoisotopic (exact) mass is 250 g/mol. The number of aryl methyl sites for hydroxylation is 1. The minimum atomic E-state index is 0.342. The van der Waals surface area contributed by atoms with Gasteiger partial charge in [0.25, 0.3) is 0 Å². The molecule has 94 valence electrons. The molecule has 1 saturated carbocycles. The Labute approximate surface area is 110 Å². The summed E-state index contributed by atoms with van der Waals surface area (Å²) < 4.78 is 0. The zero-order chi connectivity index (χ0) is 12.1. The van der Waals surface area contributed by atoms with Gasteiger partial charge in [-0.3, -0.25) is 0 Å². The number of rotatable bonds is 3. The molecule has 0 bridgehead atoms. The molecule has 0 amide bonds. The Hall–Kier alpha value is -0.490. The number of benzene rings is 1. The van der Waals surface area contributed by atoms with E-state index in [9.17, 15) is 0 Å². The molecule has 0 aromatic heterocycles. The Bertz CT molecular complexity index is 328. The number of halogens is 1. The average Bonchev–Trinajstić information content (AvgIpc) is 2.56. The Morgan fingerprint density at radius 2 is 1.76 bits per heavy atom. The molecule has 0 radical (unpaired) electrons. The van der Waals surface area contributed by atoms with E-state index in [0.29, 0.717) is 11.3 Å². The highest BCUT2D eigenvalue weighted by molar-refractivity contribution is 6.21. The van der Waals surface area contributed by atoms with Crippen LogP contribution in [0.25, 0.3) is 0 Å². The van der Waals surface area contributed by atoms with Crippen molar-refractivity contribution in [2.24, 2.45) is 0 Å². The third-order valence-electron chi connectivity index (χ3n) is 3.88. The first-order valence-corrected chi connectivity index (χ1v) is 7.48. The van der Waals surface area contributed by atoms with Gasteiger partial charge in [0.2, 0.25) is 0 Å². The second-order valence-corrected chi connectivity index (χ2v) is 5.81. The van der Waals surface area contributed by atoms with E-state index in [-0.39, 0.29) is 0 Å². The fourth-order valence-electron chi connectivity index (χ4n) is 2.86. The third kappa shape index (κ3) is 3.48. The molecule has 0 saturated heterocycles. The number of hydrogen-bond donors (Lipinski definition) is 0. The van der Waals surface area contributed by atoms with Gasteiger partial charge in [-0.15, -0.1) is 11.6 Å². The van der Waals surface area contributed by atoms with Gasteiger partial charge in [0.05, 0.1) is 0 Å². The molecule has 1 aromatic rings. The van der Waals surface area contributed by atoms with Gasteiger partial charge in [0.1, 0.15) is 0 Å². The highest BCUT2D eigenvalue weighted by atomic mass is 35.5. The lowest BCUT2D eigenvalue weighted by atomic mass is 9.90. The van der Waals surface area contributed by atoms with Crippen molar-refractivity contribution in [3.8, 4) is 0 Å². The maximum absolute atomic E-state index is 6.52. The summed E-state index contributed by atoms with van der Waals surface area (Å²) in [5, 5.41) is 0.342. The first-order valence-electron chi connectivity index (χ1n) is 7.04. The average molecular weight is 251 g/mol. The van der Waals surface area contributed by atoms with Crippen LogP contribution in [0.15, 0.2) is 24.3 Å². The largest absolute Gasteiger partial charge is 0.122 e. The Morgan fingerprint density at radius 1 is 1.06 bits per heavy atom. The highest BCUT2D eigenvalue weighted by Crippen LogP contribution is 2.35. The zero-order valence-electron chi connectivity index (χ0n) is 10.8. The summed E-state index contributed by atoms with van der Waals surface area (Å²) in [6.07, 6.45) is 8.86. The molecule has 2 atom stereocenters. The molecular weight excluding hydrogens is 228 g/mol. The van der Waals surface area contributed by atoms with E-state index in [0.717, 1.165) is 0 Å². The summed E-state index contributed by atoms with van der Waals surface area (Å²) in [5.41, 5.74) is 2.91. The molecule has 1 heteroatoms. The molecular formula is C16H23Cl. The van der Waals surface area contributed by atoms with Crippen LogP contribution >= 0.6 is 11.6 Å². The molecule has 1 aliphatic rings. The Balaban J connectivity index is 2.09. The van der Waals surface area contributed by atoms with Gasteiger partial charge in [-0.1, -0.05) is 56.9 Å². The van der Waals surface area contributed by atoms with E-state index in [1.165, 1.54) is 56.1 Å². The van der Waals surface area contributed by atoms with Gasteiger partial charge in [0, 0.05) is 11.3 Å². The predicted molar refractivity (Wildman–Crippen MR) is 75.9 cm³/mol. The molecule has 0 spiro atoms. The minimum Gasteiger partial charge on any atom is -0.122 e. The van der Waals surface area contributed by atoms with Gasteiger partial charge in [-0.25, -0.2) is 0 Å². The molecule has 17 heavy (non-hydrogen) atoms. The van der Waals surface area contributed by atoms with Crippen LogP contribution in [0.3, 0.4) is 0 Å². The summed E-state index contributed by atoms with van der Waals surface area (Å²) in [7, 11) is 0. The third-order valence-corrected chi connectivity index (χ3v) is 4.40. The van der Waals surface area contributed by atoms with Crippen LogP contribution < -0.4 is 0 Å². The lowest BCUT2D eigenvalue weighted by Crippen LogP contribution is -2.11. The maximum Gasteiger partial charge on any atom is 0.0404 e. The van der Waals surface area contributed by atoms with Gasteiger partial charge in [-0.05, 0) is 30.4 Å². The van der Waals surface area contributed by atoms with E-state index < -0.39 is 0 Å². The molecule has 1 aliphatic carbocycles. The fraction of sp³-hybridized carbons (Fsp3) is 0.625. The van der Waals surface area contributed by atoms with E-state index in [2.05, 4.69) is 31.2 Å². The number of hydrogen-bond acceptors (Lipinski definition) is 0. The minimum absolute atomic E-state index is 0.342. The van der Waals surface area contributed by atoms with Gasteiger partial charge >= 0.3 is 0 Å². The quantitative estimate of drug-likeness (QED) is 0.505. The van der Waals surface area contributed by atoms with E-state index in [1.807, 2.05) is 0 Å². The lowest BCUT2D eigenvalue weighted by molar-refractivity contribution is 0.600. The standard InChI is InChI=1S/C16H23Cl/c1-2-6-13-9-11-14(12-10-13)15-7-4-3-5-8-16(15)17/h9-12,15-16H,2-8H2,1H3. The second-order valence-electron chi connectivity index (χ2n) is 5.25. The number of alkyl halides is 1. The summed E-state index contributed by atoms with van der Waals surface area (Å²) in [6, 6.07) is 9.17. The summed E-state index contributed by atoms with van der Waals surface area (Å²) in [6.45, 7) is 2.23. The van der Waals surface area contributed by atoms with Crippen LogP contribution in [0.4, 0.5) is 0 Å². The van der Waals surface area contributed by atoms with Crippen LogP contribution in [0.1, 0.15) is 62.5 Å². The van der Waals surface area contributed by atoms with E-state index in [4.69, 9.17) is 11.6 Å². The molecule has 1 aromatic carbocycles. The van der Waals surface area contributed by atoms with Gasteiger partial charge in [-0.2, -0.15) is 0 Å². The van der Waals surface area contributed by atoms with Crippen molar-refractivity contribution in [3.63, 3.8) is 0 Å². The van der Waals surface area contributed by atoms with Crippen molar-refractivity contribution in [2.75, 3.05) is 0 Å². The predicted octanol–water partition coefficient (Wildman–Crippen LogP) is 5.29. The van der Waals surface area contributed by atoms with Gasteiger partial charge in [0.15, 0.2) is 0 Å². The maximum atomic E-state index is 6.52. The highest BCUT2D eigenvalue weighted by Gasteiger charge is 2.22. The van der Waals surface area contributed by atoms with Crippen molar-refractivity contribution in [3.05, 3.63) is 35.4 Å². The first kappa shape index (κ1) is 13.0. The zero-order valence-corrected chi connectivity index (χ0v) is 11.5. The van der Waals surface area contributed by atoms with Crippen molar-refractivity contribution in [1.82, 2.24) is 0 Å². The molecule has 0 nitrogen and oxygen atoms in total.